The zero-order valence-corrected chi connectivity index (χ0v) is 6.27. The van der Waals surface area contributed by atoms with Crippen LogP contribution in [0.3, 0.4) is 0 Å². The Labute approximate surface area is 57.6 Å². The van der Waals surface area contributed by atoms with E-state index in [-0.39, 0.29) is 0 Å². The molecule has 0 aromatic carbocycles. The summed E-state index contributed by atoms with van der Waals surface area (Å²) in [7, 11) is 0. The zero-order valence-electron chi connectivity index (χ0n) is 6.27. The van der Waals surface area contributed by atoms with Gasteiger partial charge in [0.05, 0.1) is 0 Å². The van der Waals surface area contributed by atoms with Crippen LogP contribution in [0.1, 0.15) is 39.0 Å². The summed E-state index contributed by atoms with van der Waals surface area (Å²) in [4.78, 5) is 0. The minimum Gasteiger partial charge on any atom is -0.0622 e. The van der Waals surface area contributed by atoms with Crippen molar-refractivity contribution in [3.63, 3.8) is 0 Å². The third-order valence-electron chi connectivity index (χ3n) is 3.44. The van der Waals surface area contributed by atoms with Gasteiger partial charge in [0, 0.05) is 0 Å². The first-order valence-corrected chi connectivity index (χ1v) is 4.38. The van der Waals surface area contributed by atoms with Crippen molar-refractivity contribution in [2.45, 2.75) is 39.0 Å². The summed E-state index contributed by atoms with van der Waals surface area (Å²) >= 11 is 0. The van der Waals surface area contributed by atoms with Gasteiger partial charge < -0.3 is 0 Å². The lowest BCUT2D eigenvalue weighted by atomic mass is 9.94. The molecule has 0 spiro atoms. The van der Waals surface area contributed by atoms with Crippen LogP contribution in [0.5, 0.6) is 0 Å². The number of hydrogen-bond acceptors (Lipinski definition) is 0. The second kappa shape index (κ2) is 2.00. The molecule has 2 aliphatic carbocycles. The van der Waals surface area contributed by atoms with Crippen molar-refractivity contribution >= 4 is 0 Å². The van der Waals surface area contributed by atoms with Gasteiger partial charge in [0.2, 0.25) is 0 Å². The highest BCUT2D eigenvalue weighted by Gasteiger charge is 2.36. The lowest BCUT2D eigenvalue weighted by Gasteiger charge is -2.11. The summed E-state index contributed by atoms with van der Waals surface area (Å²) in [5.41, 5.74) is 0. The van der Waals surface area contributed by atoms with Gasteiger partial charge in [0.15, 0.2) is 0 Å². The fourth-order valence-corrected chi connectivity index (χ4v) is 2.86. The molecule has 0 radical (unpaired) electrons. The van der Waals surface area contributed by atoms with E-state index in [9.17, 15) is 0 Å². The van der Waals surface area contributed by atoms with Crippen LogP contribution < -0.4 is 0 Å². The van der Waals surface area contributed by atoms with Gasteiger partial charge in [-0.25, -0.2) is 0 Å². The molecule has 0 saturated heterocycles. The van der Waals surface area contributed by atoms with Crippen molar-refractivity contribution in [3.05, 3.63) is 0 Å². The molecule has 0 amide bonds. The molecule has 0 bridgehead atoms. The van der Waals surface area contributed by atoms with E-state index in [1.165, 1.54) is 12.8 Å². The second-order valence-corrected chi connectivity index (χ2v) is 3.91. The summed E-state index contributed by atoms with van der Waals surface area (Å²) in [6.07, 6.45) is 7.70. The van der Waals surface area contributed by atoms with Gasteiger partial charge in [-0.1, -0.05) is 26.2 Å². The Morgan fingerprint density at radius 1 is 1.00 bits per heavy atom. The minimum absolute atomic E-state index is 1.07. The molecule has 2 unspecified atom stereocenters. The van der Waals surface area contributed by atoms with E-state index in [2.05, 4.69) is 6.92 Å². The number of fused-ring (bicyclic) bond motifs is 1. The molecule has 2 rings (SSSR count). The number of rotatable bonds is 0. The highest BCUT2D eigenvalue weighted by molar-refractivity contribution is 4.86. The van der Waals surface area contributed by atoms with Crippen LogP contribution in [-0.4, -0.2) is 0 Å². The molecule has 2 fully saturated rings. The maximum Gasteiger partial charge on any atom is -0.0360 e. The molecule has 9 heavy (non-hydrogen) atoms. The van der Waals surface area contributed by atoms with Crippen LogP contribution in [0.4, 0.5) is 0 Å². The van der Waals surface area contributed by atoms with E-state index in [1.807, 2.05) is 0 Å². The standard InChI is InChI=1S/C9H16/c1-7-5-6-8-3-2-4-9(7)8/h7-9H,2-6H2,1H3/t7?,8-,9?/m1/s1. The molecule has 0 aliphatic heterocycles. The molecule has 0 aromatic rings. The average molecular weight is 124 g/mol. The topological polar surface area (TPSA) is 0 Å². The second-order valence-electron chi connectivity index (χ2n) is 3.91. The Balaban J connectivity index is 2.07. The first kappa shape index (κ1) is 5.76. The molecule has 0 aromatic heterocycles. The van der Waals surface area contributed by atoms with Gasteiger partial charge >= 0.3 is 0 Å². The van der Waals surface area contributed by atoms with Crippen molar-refractivity contribution in [1.29, 1.82) is 0 Å². The molecule has 2 saturated carbocycles. The Hall–Kier alpha value is 0. The lowest BCUT2D eigenvalue weighted by Crippen LogP contribution is -2.04. The zero-order chi connectivity index (χ0) is 6.27. The molecule has 0 heterocycles. The summed E-state index contributed by atoms with van der Waals surface area (Å²) < 4.78 is 0. The van der Waals surface area contributed by atoms with Crippen LogP contribution in [0.25, 0.3) is 0 Å². The molecule has 52 valence electrons. The van der Waals surface area contributed by atoms with Crippen molar-refractivity contribution < 1.29 is 0 Å². The quantitative estimate of drug-likeness (QED) is 0.466. The van der Waals surface area contributed by atoms with Crippen LogP contribution in [0.15, 0.2) is 0 Å². The van der Waals surface area contributed by atoms with Crippen LogP contribution >= 0.6 is 0 Å². The van der Waals surface area contributed by atoms with Crippen molar-refractivity contribution in [2.24, 2.45) is 17.8 Å². The van der Waals surface area contributed by atoms with E-state index in [1.54, 1.807) is 19.3 Å². The van der Waals surface area contributed by atoms with Crippen molar-refractivity contribution in [1.82, 2.24) is 0 Å². The Morgan fingerprint density at radius 2 is 1.89 bits per heavy atom. The van der Waals surface area contributed by atoms with E-state index in [4.69, 9.17) is 0 Å². The summed E-state index contributed by atoms with van der Waals surface area (Å²) in [5.74, 6) is 3.36. The Bertz CT molecular complexity index is 107. The monoisotopic (exact) mass is 124 g/mol. The first-order valence-electron chi connectivity index (χ1n) is 4.38. The first-order chi connectivity index (χ1) is 4.38. The third-order valence-corrected chi connectivity index (χ3v) is 3.44. The van der Waals surface area contributed by atoms with Gasteiger partial charge in [0.25, 0.3) is 0 Å². The summed E-state index contributed by atoms with van der Waals surface area (Å²) in [5, 5.41) is 0. The van der Waals surface area contributed by atoms with Gasteiger partial charge in [-0.3, -0.25) is 0 Å². The highest BCUT2D eigenvalue weighted by Crippen LogP contribution is 2.46. The largest absolute Gasteiger partial charge is 0.0622 e. The molecule has 0 nitrogen and oxygen atoms in total. The highest BCUT2D eigenvalue weighted by atomic mass is 14.4. The van der Waals surface area contributed by atoms with E-state index < -0.39 is 0 Å². The smallest absolute Gasteiger partial charge is 0.0360 e. The number of hydrogen-bond donors (Lipinski definition) is 0. The van der Waals surface area contributed by atoms with Crippen LogP contribution in [0, 0.1) is 17.8 Å². The molecule has 0 heteroatoms. The predicted molar refractivity (Wildman–Crippen MR) is 39.2 cm³/mol. The van der Waals surface area contributed by atoms with E-state index >= 15 is 0 Å². The molecule has 3 atom stereocenters. The fraction of sp³-hybridized carbons (Fsp3) is 1.00. The van der Waals surface area contributed by atoms with Crippen molar-refractivity contribution in [3.8, 4) is 0 Å². The predicted octanol–water partition coefficient (Wildman–Crippen LogP) is 2.83. The van der Waals surface area contributed by atoms with Gasteiger partial charge in [-0.05, 0) is 30.6 Å². The molecule has 2 aliphatic rings. The van der Waals surface area contributed by atoms with Gasteiger partial charge in [-0.2, -0.15) is 0 Å². The van der Waals surface area contributed by atoms with Crippen LogP contribution in [0.2, 0.25) is 0 Å². The van der Waals surface area contributed by atoms with Gasteiger partial charge in [-0.15, -0.1) is 0 Å². The van der Waals surface area contributed by atoms with Crippen molar-refractivity contribution in [2.75, 3.05) is 0 Å². The molecular weight excluding hydrogens is 108 g/mol. The van der Waals surface area contributed by atoms with E-state index in [0.29, 0.717) is 0 Å². The lowest BCUT2D eigenvalue weighted by molar-refractivity contribution is 0.376. The average Bonchev–Trinajstić information content (AvgIpc) is 2.35. The summed E-state index contributed by atoms with van der Waals surface area (Å²) in [6.45, 7) is 2.44. The molecular formula is C9H16. The Kier molecular flexibility index (Phi) is 1.28. The third kappa shape index (κ3) is 0.798. The molecule has 0 N–H and O–H groups in total. The maximum atomic E-state index is 2.44. The van der Waals surface area contributed by atoms with Gasteiger partial charge in [0.1, 0.15) is 0 Å². The normalized spacial score (nSPS) is 49.7. The minimum atomic E-state index is 1.07. The van der Waals surface area contributed by atoms with E-state index in [0.717, 1.165) is 17.8 Å². The SMILES string of the molecule is CC1CC[C@H]2CCCC12. The van der Waals surface area contributed by atoms with Crippen LogP contribution in [-0.2, 0) is 0 Å². The fourth-order valence-electron chi connectivity index (χ4n) is 2.86. The maximum absolute atomic E-state index is 2.44. The summed E-state index contributed by atoms with van der Waals surface area (Å²) in [6, 6.07) is 0. The Morgan fingerprint density at radius 3 is 2.67 bits per heavy atom.